The average molecular weight is 496 g/mol. The molecule has 36 heavy (non-hydrogen) atoms. The first kappa shape index (κ1) is 23.9. The number of nitrogens with one attached hydrogen (secondary N) is 1. The number of aromatic hydroxyl groups is 1. The Labute approximate surface area is 205 Å². The number of nitrogens with two attached hydrogens (primary N) is 1. The molecular weight excluding hydrogens is 471 g/mol. The molecule has 3 aromatic carbocycles. The van der Waals surface area contributed by atoms with E-state index in [1.54, 1.807) is 24.3 Å². The van der Waals surface area contributed by atoms with Crippen LogP contribution >= 0.6 is 0 Å². The molecule has 2 amide bonds. The van der Waals surface area contributed by atoms with E-state index in [9.17, 15) is 27.9 Å². The summed E-state index contributed by atoms with van der Waals surface area (Å²) in [4.78, 5) is 28.6. The Kier molecular flexibility index (Phi) is 5.96. The lowest BCUT2D eigenvalue weighted by Gasteiger charge is -2.31. The van der Waals surface area contributed by atoms with Crippen LogP contribution in [0.25, 0.3) is 0 Å². The van der Waals surface area contributed by atoms with Gasteiger partial charge in [-0.3, -0.25) is 9.59 Å². The van der Waals surface area contributed by atoms with Crippen LogP contribution in [-0.2, 0) is 22.6 Å². The first-order chi connectivity index (χ1) is 17.2. The normalized spacial score (nSPS) is 21.5. The van der Waals surface area contributed by atoms with E-state index >= 15 is 0 Å². The number of benzene rings is 3. The highest BCUT2D eigenvalue weighted by Crippen LogP contribution is 2.58. The smallest absolute Gasteiger partial charge is 0.251 e. The van der Waals surface area contributed by atoms with Crippen LogP contribution in [0.5, 0.6) is 5.75 Å². The number of phenolic OH excluding ortho intramolecular Hbond substituents is 1. The fourth-order valence-corrected chi connectivity index (χ4v) is 5.07. The van der Waals surface area contributed by atoms with Crippen LogP contribution < -0.4 is 11.1 Å². The topological polar surface area (TPSA) is 95.7 Å². The number of hydrogen-bond acceptors (Lipinski definition) is 4. The maximum absolute atomic E-state index is 14.1. The van der Waals surface area contributed by atoms with Gasteiger partial charge in [0, 0.05) is 36.7 Å². The molecule has 3 aromatic rings. The number of halogens is 3. The standard InChI is InChI=1S/C27H24F3N3O3/c28-21-12-23(30)22(29)10-17(21)9-18(31)11-25(35)33-14-16-3-1-2-4-24(16)32-26(36)27(33)13-20(27)15-5-7-19(34)8-6-15/h1-8,10,12,18,20,34H,9,11,13-14,31H2,(H,32,36)/t18-,20+,27-/m1/s1. The second-order valence-corrected chi connectivity index (χ2v) is 9.39. The highest BCUT2D eigenvalue weighted by molar-refractivity contribution is 6.05. The van der Waals surface area contributed by atoms with Crippen molar-refractivity contribution in [2.75, 3.05) is 5.32 Å². The molecular formula is C27H24F3N3O3. The third kappa shape index (κ3) is 4.19. The number of hydrogen-bond donors (Lipinski definition) is 3. The number of carbonyl (C=O) groups is 2. The number of nitrogens with zero attached hydrogens (tertiary/aromatic N) is 1. The molecule has 6 nitrogen and oxygen atoms in total. The van der Waals surface area contributed by atoms with Crippen molar-refractivity contribution >= 4 is 17.5 Å². The first-order valence-electron chi connectivity index (χ1n) is 11.6. The molecule has 5 rings (SSSR count). The molecule has 0 saturated heterocycles. The minimum absolute atomic E-state index is 0.0922. The zero-order valence-corrected chi connectivity index (χ0v) is 19.2. The van der Waals surface area contributed by atoms with E-state index in [-0.39, 0.29) is 42.5 Å². The quantitative estimate of drug-likeness (QED) is 0.467. The number of fused-ring (bicyclic) bond motifs is 1. The molecule has 1 saturated carbocycles. The first-order valence-corrected chi connectivity index (χ1v) is 11.6. The summed E-state index contributed by atoms with van der Waals surface area (Å²) >= 11 is 0. The fraction of sp³-hybridized carbons (Fsp3) is 0.259. The van der Waals surface area contributed by atoms with Crippen LogP contribution in [0.3, 0.4) is 0 Å². The van der Waals surface area contributed by atoms with Crippen LogP contribution in [0, 0.1) is 17.5 Å². The number of anilines is 1. The van der Waals surface area contributed by atoms with Crippen molar-refractivity contribution in [3.8, 4) is 5.75 Å². The van der Waals surface area contributed by atoms with Crippen molar-refractivity contribution < 1.29 is 27.9 Å². The van der Waals surface area contributed by atoms with Gasteiger partial charge in [0.2, 0.25) is 5.91 Å². The monoisotopic (exact) mass is 495 g/mol. The van der Waals surface area contributed by atoms with Crippen molar-refractivity contribution in [2.24, 2.45) is 5.73 Å². The van der Waals surface area contributed by atoms with Crippen molar-refractivity contribution in [1.29, 1.82) is 0 Å². The van der Waals surface area contributed by atoms with E-state index in [1.165, 1.54) is 17.0 Å². The fourth-order valence-electron chi connectivity index (χ4n) is 5.07. The van der Waals surface area contributed by atoms with E-state index in [0.717, 1.165) is 17.2 Å². The molecule has 0 radical (unpaired) electrons. The van der Waals surface area contributed by atoms with Gasteiger partial charge in [-0.1, -0.05) is 30.3 Å². The van der Waals surface area contributed by atoms with E-state index in [2.05, 4.69) is 5.32 Å². The van der Waals surface area contributed by atoms with Gasteiger partial charge in [-0.2, -0.15) is 0 Å². The largest absolute Gasteiger partial charge is 0.508 e. The minimum atomic E-state index is -1.30. The Hall–Kier alpha value is -3.85. The summed E-state index contributed by atoms with van der Waals surface area (Å²) in [5, 5.41) is 12.6. The third-order valence-electron chi connectivity index (χ3n) is 7.01. The zero-order valence-electron chi connectivity index (χ0n) is 19.2. The average Bonchev–Trinajstić information content (AvgIpc) is 3.60. The molecule has 9 heteroatoms. The SMILES string of the molecule is N[C@@H](CC(=O)N1Cc2ccccc2NC(=O)[C@]12C[C@H]2c1ccc(O)cc1)Cc1cc(F)c(F)cc1F. The van der Waals surface area contributed by atoms with Crippen LogP contribution in [0.1, 0.15) is 35.4 Å². The second-order valence-electron chi connectivity index (χ2n) is 9.39. The van der Waals surface area contributed by atoms with Crippen molar-refractivity contribution in [3.05, 3.63) is 94.8 Å². The van der Waals surface area contributed by atoms with Gasteiger partial charge in [-0.25, -0.2) is 13.2 Å². The Balaban J connectivity index is 1.43. The molecule has 1 spiro atoms. The van der Waals surface area contributed by atoms with Gasteiger partial charge in [-0.05, 0) is 53.8 Å². The Morgan fingerprint density at radius 3 is 2.53 bits per heavy atom. The summed E-state index contributed by atoms with van der Waals surface area (Å²) in [6, 6.07) is 14.0. The molecule has 1 heterocycles. The number of para-hydroxylation sites is 1. The third-order valence-corrected chi connectivity index (χ3v) is 7.01. The minimum Gasteiger partial charge on any atom is -0.508 e. The van der Waals surface area contributed by atoms with Crippen molar-refractivity contribution in [1.82, 2.24) is 4.90 Å². The second kappa shape index (κ2) is 8.98. The van der Waals surface area contributed by atoms with Gasteiger partial charge < -0.3 is 21.1 Å². The molecule has 4 N–H and O–H groups in total. The molecule has 1 aliphatic carbocycles. The van der Waals surface area contributed by atoms with E-state index in [0.29, 0.717) is 18.2 Å². The number of carbonyl (C=O) groups excluding carboxylic acids is 2. The predicted molar refractivity (Wildman–Crippen MR) is 126 cm³/mol. The summed E-state index contributed by atoms with van der Waals surface area (Å²) < 4.78 is 41.0. The van der Waals surface area contributed by atoms with Crippen LogP contribution in [0.4, 0.5) is 18.9 Å². The molecule has 1 fully saturated rings. The Bertz CT molecular complexity index is 1350. The van der Waals surface area contributed by atoms with Crippen LogP contribution in [-0.4, -0.2) is 33.4 Å². The summed E-state index contributed by atoms with van der Waals surface area (Å²) in [5.74, 6) is -4.36. The van der Waals surface area contributed by atoms with E-state index in [1.807, 2.05) is 12.1 Å². The number of phenols is 1. The summed E-state index contributed by atoms with van der Waals surface area (Å²) in [6.45, 7) is 0.161. The Morgan fingerprint density at radius 2 is 1.78 bits per heavy atom. The number of amides is 2. The molecule has 0 bridgehead atoms. The molecule has 186 valence electrons. The summed E-state index contributed by atoms with van der Waals surface area (Å²) in [6.07, 6.45) is -0.0197. The number of rotatable bonds is 5. The van der Waals surface area contributed by atoms with Gasteiger partial charge in [0.05, 0.1) is 0 Å². The molecule has 0 aromatic heterocycles. The highest BCUT2D eigenvalue weighted by atomic mass is 19.2. The van der Waals surface area contributed by atoms with Gasteiger partial charge in [0.15, 0.2) is 11.6 Å². The van der Waals surface area contributed by atoms with Crippen LogP contribution in [0.2, 0.25) is 0 Å². The molecule has 3 atom stereocenters. The lowest BCUT2D eigenvalue weighted by molar-refractivity contribution is -0.141. The maximum Gasteiger partial charge on any atom is 0.251 e. The zero-order chi connectivity index (χ0) is 25.6. The lowest BCUT2D eigenvalue weighted by Crippen LogP contribution is -2.50. The van der Waals surface area contributed by atoms with E-state index < -0.39 is 34.9 Å². The molecule has 1 aliphatic heterocycles. The summed E-state index contributed by atoms with van der Waals surface area (Å²) in [7, 11) is 0. The summed E-state index contributed by atoms with van der Waals surface area (Å²) in [5.41, 5.74) is 7.05. The van der Waals surface area contributed by atoms with Gasteiger partial charge in [-0.15, -0.1) is 0 Å². The van der Waals surface area contributed by atoms with Gasteiger partial charge >= 0.3 is 0 Å². The van der Waals surface area contributed by atoms with Gasteiger partial charge in [0.25, 0.3) is 5.91 Å². The Morgan fingerprint density at radius 1 is 1.08 bits per heavy atom. The predicted octanol–water partition coefficient (Wildman–Crippen LogP) is 3.98. The van der Waals surface area contributed by atoms with Crippen LogP contribution in [0.15, 0.2) is 60.7 Å². The van der Waals surface area contributed by atoms with E-state index in [4.69, 9.17) is 5.73 Å². The maximum atomic E-state index is 14.1. The van der Waals surface area contributed by atoms with Crippen molar-refractivity contribution in [3.63, 3.8) is 0 Å². The highest BCUT2D eigenvalue weighted by Gasteiger charge is 2.66. The molecule has 2 aliphatic rings. The van der Waals surface area contributed by atoms with Crippen molar-refractivity contribution in [2.45, 2.75) is 43.3 Å². The van der Waals surface area contributed by atoms with Gasteiger partial charge in [0.1, 0.15) is 17.1 Å². The molecule has 0 unspecified atom stereocenters. The lowest BCUT2D eigenvalue weighted by atomic mass is 10.00.